The average molecular weight is 374 g/mol. The quantitative estimate of drug-likeness (QED) is 0.683. The Morgan fingerprint density at radius 1 is 1.00 bits per heavy atom. The highest BCUT2D eigenvalue weighted by molar-refractivity contribution is 5.76. The molecule has 0 N–H and O–H groups in total. The van der Waals surface area contributed by atoms with Gasteiger partial charge in [-0.2, -0.15) is 0 Å². The molecule has 27 heavy (non-hydrogen) atoms. The highest BCUT2D eigenvalue weighted by atomic mass is 16.6. The van der Waals surface area contributed by atoms with E-state index in [-0.39, 0.29) is 12.0 Å². The number of ether oxygens (including phenoxy) is 1. The molecule has 1 aromatic rings. The number of amides is 2. The van der Waals surface area contributed by atoms with Gasteiger partial charge in [-0.15, -0.1) is 0 Å². The van der Waals surface area contributed by atoms with Crippen LogP contribution in [0.25, 0.3) is 0 Å². The summed E-state index contributed by atoms with van der Waals surface area (Å²) in [6.07, 6.45) is 3.78. The molecule has 5 nitrogen and oxygen atoms in total. The van der Waals surface area contributed by atoms with Crippen LogP contribution in [-0.4, -0.2) is 54.6 Å². The highest BCUT2D eigenvalue weighted by Gasteiger charge is 2.24. The third-order valence-corrected chi connectivity index (χ3v) is 5.20. The number of carbonyl (C=O) groups excluding carboxylic acids is 2. The van der Waals surface area contributed by atoms with Crippen LogP contribution >= 0.6 is 0 Å². The number of hydrogen-bond acceptors (Lipinski definition) is 3. The predicted octanol–water partition coefficient (Wildman–Crippen LogP) is 3.83. The second kappa shape index (κ2) is 10.3. The lowest BCUT2D eigenvalue weighted by molar-refractivity contribution is -0.132. The van der Waals surface area contributed by atoms with Gasteiger partial charge >= 0.3 is 6.09 Å². The summed E-state index contributed by atoms with van der Waals surface area (Å²) in [6, 6.07) is 4.33. The Balaban J connectivity index is 1.73. The molecule has 149 valence electrons. The standard InChI is InChI=1S/C22H33N2O3/c1-5-6-7-8-21(25)23-10-12-24(13-11-23)22(26)27-14-9-20-18(3)15-17(2)16-19(20)4/h15-16H,1,5-14H2,2-4H3. The Hall–Kier alpha value is -2.04. The summed E-state index contributed by atoms with van der Waals surface area (Å²) in [5.41, 5.74) is 5.00. The predicted molar refractivity (Wildman–Crippen MR) is 108 cm³/mol. The van der Waals surface area contributed by atoms with Crippen LogP contribution < -0.4 is 0 Å². The minimum absolute atomic E-state index is 0.182. The van der Waals surface area contributed by atoms with Gasteiger partial charge in [-0.1, -0.05) is 37.5 Å². The van der Waals surface area contributed by atoms with E-state index in [2.05, 4.69) is 39.8 Å². The third kappa shape index (κ3) is 6.26. The van der Waals surface area contributed by atoms with Gasteiger partial charge in [0.25, 0.3) is 0 Å². The summed E-state index contributed by atoms with van der Waals surface area (Å²) in [5, 5.41) is 0. The van der Waals surface area contributed by atoms with Crippen molar-refractivity contribution in [2.75, 3.05) is 32.8 Å². The summed E-state index contributed by atoms with van der Waals surface area (Å²) in [7, 11) is 0. The fraction of sp³-hybridized carbons (Fsp3) is 0.591. The van der Waals surface area contributed by atoms with Crippen molar-refractivity contribution in [2.45, 2.75) is 52.9 Å². The number of carbonyl (C=O) groups is 2. The first kappa shape index (κ1) is 21.3. The molecule has 0 aromatic heterocycles. The molecule has 1 aliphatic heterocycles. The van der Waals surface area contributed by atoms with Crippen molar-refractivity contribution in [1.82, 2.24) is 9.80 Å². The van der Waals surface area contributed by atoms with E-state index < -0.39 is 0 Å². The first-order valence-electron chi connectivity index (χ1n) is 9.97. The number of aryl methyl sites for hydroxylation is 3. The van der Waals surface area contributed by atoms with Crippen LogP contribution in [0.4, 0.5) is 4.79 Å². The van der Waals surface area contributed by atoms with E-state index >= 15 is 0 Å². The molecule has 5 heteroatoms. The van der Waals surface area contributed by atoms with Crippen molar-refractivity contribution in [3.8, 4) is 0 Å². The lowest BCUT2D eigenvalue weighted by Gasteiger charge is -2.34. The van der Waals surface area contributed by atoms with Gasteiger partial charge in [-0.05, 0) is 43.9 Å². The normalized spacial score (nSPS) is 14.4. The fourth-order valence-electron chi connectivity index (χ4n) is 3.69. The molecule has 1 aromatic carbocycles. The molecule has 2 rings (SSSR count). The van der Waals surface area contributed by atoms with Crippen LogP contribution in [0.2, 0.25) is 0 Å². The molecule has 0 bridgehead atoms. The van der Waals surface area contributed by atoms with Crippen LogP contribution in [0.1, 0.15) is 47.9 Å². The van der Waals surface area contributed by atoms with Crippen molar-refractivity contribution in [3.05, 3.63) is 41.3 Å². The van der Waals surface area contributed by atoms with Gasteiger partial charge in [0.1, 0.15) is 0 Å². The van der Waals surface area contributed by atoms with Gasteiger partial charge in [-0.25, -0.2) is 4.79 Å². The Bertz CT molecular complexity index is 626. The lowest BCUT2D eigenvalue weighted by atomic mass is 9.98. The Kier molecular flexibility index (Phi) is 8.14. The zero-order valence-electron chi connectivity index (χ0n) is 17.1. The molecule has 2 amide bonds. The Morgan fingerprint density at radius 3 is 2.19 bits per heavy atom. The summed E-state index contributed by atoms with van der Waals surface area (Å²) in [5.74, 6) is 0.182. The molecule has 1 radical (unpaired) electrons. The average Bonchev–Trinajstić information content (AvgIpc) is 2.64. The van der Waals surface area contributed by atoms with E-state index in [1.165, 1.54) is 22.3 Å². The molecule has 0 unspecified atom stereocenters. The smallest absolute Gasteiger partial charge is 0.409 e. The molecule has 0 atom stereocenters. The van der Waals surface area contributed by atoms with Gasteiger partial charge in [-0.3, -0.25) is 4.79 Å². The van der Waals surface area contributed by atoms with Crippen molar-refractivity contribution in [2.24, 2.45) is 0 Å². The number of rotatable bonds is 7. The first-order chi connectivity index (χ1) is 12.9. The molecule has 0 aliphatic carbocycles. The van der Waals surface area contributed by atoms with Crippen molar-refractivity contribution in [1.29, 1.82) is 0 Å². The maximum Gasteiger partial charge on any atom is 0.409 e. The highest BCUT2D eigenvalue weighted by Crippen LogP contribution is 2.17. The van der Waals surface area contributed by atoms with E-state index in [0.717, 1.165) is 25.7 Å². The molecular weight excluding hydrogens is 340 g/mol. The van der Waals surface area contributed by atoms with Crippen molar-refractivity contribution >= 4 is 12.0 Å². The van der Waals surface area contributed by atoms with E-state index in [0.29, 0.717) is 39.2 Å². The van der Waals surface area contributed by atoms with Crippen LogP contribution in [0.3, 0.4) is 0 Å². The van der Waals surface area contributed by atoms with E-state index in [1.54, 1.807) is 4.90 Å². The third-order valence-electron chi connectivity index (χ3n) is 5.20. The van der Waals surface area contributed by atoms with Crippen LogP contribution in [-0.2, 0) is 16.0 Å². The number of nitrogens with zero attached hydrogens (tertiary/aromatic N) is 2. The molecule has 1 heterocycles. The minimum Gasteiger partial charge on any atom is -0.449 e. The summed E-state index contributed by atoms with van der Waals surface area (Å²) in [4.78, 5) is 28.0. The largest absolute Gasteiger partial charge is 0.449 e. The number of piperazine rings is 1. The maximum atomic E-state index is 12.3. The molecule has 1 saturated heterocycles. The van der Waals surface area contributed by atoms with Gasteiger partial charge < -0.3 is 14.5 Å². The molecule has 0 saturated carbocycles. The zero-order valence-corrected chi connectivity index (χ0v) is 17.1. The molecule has 1 fully saturated rings. The summed E-state index contributed by atoms with van der Waals surface area (Å²) >= 11 is 0. The summed E-state index contributed by atoms with van der Waals surface area (Å²) in [6.45, 7) is 12.7. The van der Waals surface area contributed by atoms with Gasteiger partial charge in [0.15, 0.2) is 0 Å². The van der Waals surface area contributed by atoms with Crippen LogP contribution in [0, 0.1) is 27.7 Å². The Labute approximate surface area is 163 Å². The molecule has 1 aliphatic rings. The van der Waals surface area contributed by atoms with Crippen LogP contribution in [0.15, 0.2) is 12.1 Å². The molecular formula is C22H33N2O3. The monoisotopic (exact) mass is 373 g/mol. The van der Waals surface area contributed by atoms with E-state index in [9.17, 15) is 9.59 Å². The van der Waals surface area contributed by atoms with E-state index in [1.807, 2.05) is 4.90 Å². The zero-order chi connectivity index (χ0) is 19.8. The van der Waals surface area contributed by atoms with Crippen molar-refractivity contribution in [3.63, 3.8) is 0 Å². The molecule has 0 spiro atoms. The number of unbranched alkanes of at least 4 members (excludes halogenated alkanes) is 2. The lowest BCUT2D eigenvalue weighted by Crippen LogP contribution is -2.50. The van der Waals surface area contributed by atoms with Gasteiger partial charge in [0.05, 0.1) is 6.61 Å². The number of benzene rings is 1. The second-order valence-corrected chi connectivity index (χ2v) is 7.42. The van der Waals surface area contributed by atoms with E-state index in [4.69, 9.17) is 4.74 Å². The number of hydrogen-bond donors (Lipinski definition) is 0. The van der Waals surface area contributed by atoms with Gasteiger partial charge in [0.2, 0.25) is 5.91 Å². The van der Waals surface area contributed by atoms with Crippen LogP contribution in [0.5, 0.6) is 0 Å². The summed E-state index contributed by atoms with van der Waals surface area (Å²) < 4.78 is 5.48. The first-order valence-corrected chi connectivity index (χ1v) is 9.97. The van der Waals surface area contributed by atoms with Gasteiger partial charge in [0, 0.05) is 39.0 Å². The second-order valence-electron chi connectivity index (χ2n) is 7.42. The SMILES string of the molecule is [CH2]CCCCC(=O)N1CCN(C(=O)OCCc2c(C)cc(C)cc2C)CC1. The minimum atomic E-state index is -0.276. The fourth-order valence-corrected chi connectivity index (χ4v) is 3.69. The topological polar surface area (TPSA) is 49.9 Å². The maximum absolute atomic E-state index is 12.3. The Morgan fingerprint density at radius 2 is 1.59 bits per heavy atom. The van der Waals surface area contributed by atoms with Crippen molar-refractivity contribution < 1.29 is 14.3 Å².